The average molecular weight is 351 g/mol. The van der Waals surface area contributed by atoms with Crippen LogP contribution in [0.15, 0.2) is 47.1 Å². The summed E-state index contributed by atoms with van der Waals surface area (Å²) in [6.45, 7) is 0. The van der Waals surface area contributed by atoms with Crippen molar-refractivity contribution in [3.8, 4) is 0 Å². The highest BCUT2D eigenvalue weighted by atomic mass is 79.9. The number of nitro groups is 1. The molecule has 1 atom stereocenters. The maximum atomic E-state index is 11.5. The Morgan fingerprint density at radius 1 is 1.33 bits per heavy atom. The number of nitrogens with zero attached hydrogens (tertiary/aromatic N) is 2. The lowest BCUT2D eigenvalue weighted by molar-refractivity contribution is -0.386. The number of aromatic nitrogens is 1. The largest absolute Gasteiger partial charge is 0.481 e. The lowest BCUT2D eigenvalue weighted by Crippen LogP contribution is -2.17. The van der Waals surface area contributed by atoms with Crippen LogP contribution in [0.25, 0.3) is 0 Å². The minimum atomic E-state index is -1.15. The Hall–Kier alpha value is -2.28. The zero-order valence-corrected chi connectivity index (χ0v) is 12.4. The Balaban J connectivity index is 2.44. The van der Waals surface area contributed by atoms with Crippen LogP contribution in [0, 0.1) is 10.1 Å². The fourth-order valence-electron chi connectivity index (χ4n) is 2.02. The number of hydrogen-bond acceptors (Lipinski definition) is 4. The molecule has 0 amide bonds. The van der Waals surface area contributed by atoms with Gasteiger partial charge in [0.25, 0.3) is 5.69 Å². The second kappa shape index (κ2) is 6.45. The van der Waals surface area contributed by atoms with E-state index >= 15 is 0 Å². The highest BCUT2D eigenvalue weighted by Gasteiger charge is 2.29. The second-order valence-corrected chi connectivity index (χ2v) is 5.21. The van der Waals surface area contributed by atoms with E-state index in [2.05, 4.69) is 20.9 Å². The van der Waals surface area contributed by atoms with Crippen LogP contribution in [0.5, 0.6) is 0 Å². The van der Waals surface area contributed by atoms with Crippen molar-refractivity contribution in [2.45, 2.75) is 12.3 Å². The van der Waals surface area contributed by atoms with Crippen LogP contribution in [0.1, 0.15) is 17.2 Å². The van der Waals surface area contributed by atoms with Crippen molar-refractivity contribution in [3.63, 3.8) is 0 Å². The molecule has 21 heavy (non-hydrogen) atoms. The molecule has 2 aromatic rings. The van der Waals surface area contributed by atoms with Gasteiger partial charge in [-0.3, -0.25) is 19.9 Å². The fraction of sp³-hybridized carbons (Fsp3) is 0.143. The molecule has 0 aliphatic rings. The van der Waals surface area contributed by atoms with Crippen molar-refractivity contribution in [3.05, 3.63) is 68.4 Å². The van der Waals surface area contributed by atoms with Crippen molar-refractivity contribution in [2.75, 3.05) is 0 Å². The zero-order valence-electron chi connectivity index (χ0n) is 10.8. The molecule has 1 aromatic carbocycles. The molecule has 0 bridgehead atoms. The summed E-state index contributed by atoms with van der Waals surface area (Å²) in [7, 11) is 0. The van der Waals surface area contributed by atoms with Gasteiger partial charge in [-0.05, 0) is 24.1 Å². The topological polar surface area (TPSA) is 93.3 Å². The number of aliphatic carboxylic acids is 1. The molecular weight excluding hydrogens is 340 g/mol. The highest BCUT2D eigenvalue weighted by molar-refractivity contribution is 9.10. The van der Waals surface area contributed by atoms with Crippen LogP contribution in [-0.2, 0) is 11.2 Å². The number of pyridine rings is 1. The van der Waals surface area contributed by atoms with Crippen molar-refractivity contribution in [1.29, 1.82) is 0 Å². The first-order valence-electron chi connectivity index (χ1n) is 6.06. The molecular formula is C14H11BrN2O4. The molecule has 0 aliphatic carbocycles. The van der Waals surface area contributed by atoms with Crippen LogP contribution in [0.3, 0.4) is 0 Å². The summed E-state index contributed by atoms with van der Waals surface area (Å²) in [4.78, 5) is 25.8. The van der Waals surface area contributed by atoms with Crippen LogP contribution < -0.4 is 0 Å². The van der Waals surface area contributed by atoms with Crippen LogP contribution in [0.4, 0.5) is 5.69 Å². The predicted octanol–water partition coefficient (Wildman–Crippen LogP) is 3.16. The van der Waals surface area contributed by atoms with E-state index in [0.29, 0.717) is 0 Å². The van der Waals surface area contributed by atoms with Gasteiger partial charge in [-0.2, -0.15) is 0 Å². The summed E-state index contributed by atoms with van der Waals surface area (Å²) in [5.74, 6) is -2.22. The molecule has 0 saturated carbocycles. The molecule has 1 heterocycles. The van der Waals surface area contributed by atoms with Gasteiger partial charge in [0.1, 0.15) is 11.6 Å². The number of carbonyl (C=O) groups is 1. The predicted molar refractivity (Wildman–Crippen MR) is 79.1 cm³/mol. The molecule has 7 heteroatoms. The lowest BCUT2D eigenvalue weighted by Gasteiger charge is -2.13. The third-order valence-corrected chi connectivity index (χ3v) is 3.80. The van der Waals surface area contributed by atoms with Gasteiger partial charge < -0.3 is 5.11 Å². The average Bonchev–Trinajstić information content (AvgIpc) is 2.46. The first kappa shape index (κ1) is 15.1. The van der Waals surface area contributed by atoms with E-state index in [1.165, 1.54) is 18.3 Å². The number of halogens is 1. The van der Waals surface area contributed by atoms with Gasteiger partial charge in [0.15, 0.2) is 0 Å². The zero-order chi connectivity index (χ0) is 15.4. The van der Waals surface area contributed by atoms with Gasteiger partial charge in [-0.1, -0.05) is 34.1 Å². The van der Waals surface area contributed by atoms with E-state index in [9.17, 15) is 20.0 Å². The van der Waals surface area contributed by atoms with E-state index in [1.807, 2.05) is 6.07 Å². The molecule has 0 fully saturated rings. The van der Waals surface area contributed by atoms with Gasteiger partial charge in [-0.25, -0.2) is 0 Å². The maximum absolute atomic E-state index is 11.5. The first-order valence-corrected chi connectivity index (χ1v) is 6.85. The molecule has 1 N–H and O–H groups in total. The van der Waals surface area contributed by atoms with Crippen molar-refractivity contribution >= 4 is 27.6 Å². The quantitative estimate of drug-likeness (QED) is 0.660. The van der Waals surface area contributed by atoms with Gasteiger partial charge in [0.05, 0.1) is 4.92 Å². The Morgan fingerprint density at radius 3 is 2.67 bits per heavy atom. The van der Waals surface area contributed by atoms with Gasteiger partial charge in [0, 0.05) is 16.7 Å². The Labute approximate surface area is 128 Å². The molecule has 108 valence electrons. The van der Waals surface area contributed by atoms with E-state index in [-0.39, 0.29) is 17.8 Å². The number of benzene rings is 1. The standard InChI is InChI=1S/C14H11BrN2O4/c15-11-5-2-1-4-9(11)8-10(14(18)19)13-12(17(20)21)6-3-7-16-13/h1-7,10H,8H2,(H,18,19). The number of carboxylic acid groups (broad SMARTS) is 1. The Morgan fingerprint density at radius 2 is 2.05 bits per heavy atom. The first-order chi connectivity index (χ1) is 10.0. The molecule has 1 aromatic heterocycles. The van der Waals surface area contributed by atoms with E-state index in [1.54, 1.807) is 18.2 Å². The third-order valence-electron chi connectivity index (χ3n) is 3.02. The fourth-order valence-corrected chi connectivity index (χ4v) is 2.46. The van der Waals surface area contributed by atoms with E-state index < -0.39 is 16.8 Å². The summed E-state index contributed by atoms with van der Waals surface area (Å²) in [6, 6.07) is 9.84. The minimum absolute atomic E-state index is 0.0363. The van der Waals surface area contributed by atoms with Gasteiger partial charge >= 0.3 is 5.97 Å². The summed E-state index contributed by atoms with van der Waals surface area (Å²) >= 11 is 3.35. The molecule has 1 unspecified atom stereocenters. The molecule has 0 spiro atoms. The van der Waals surface area contributed by atoms with Crippen molar-refractivity contribution in [2.24, 2.45) is 0 Å². The molecule has 0 saturated heterocycles. The minimum Gasteiger partial charge on any atom is -0.481 e. The number of rotatable bonds is 5. The van der Waals surface area contributed by atoms with E-state index in [4.69, 9.17) is 0 Å². The Bertz CT molecular complexity index is 690. The summed E-state index contributed by atoms with van der Waals surface area (Å²) in [5, 5.41) is 20.4. The van der Waals surface area contributed by atoms with Crippen molar-refractivity contribution in [1.82, 2.24) is 4.98 Å². The van der Waals surface area contributed by atoms with E-state index in [0.717, 1.165) is 10.0 Å². The molecule has 2 rings (SSSR count). The molecule has 0 radical (unpaired) electrons. The van der Waals surface area contributed by atoms with Crippen LogP contribution in [0.2, 0.25) is 0 Å². The normalized spacial score (nSPS) is 11.9. The van der Waals surface area contributed by atoms with Crippen LogP contribution in [-0.4, -0.2) is 21.0 Å². The van der Waals surface area contributed by atoms with Gasteiger partial charge in [-0.15, -0.1) is 0 Å². The summed E-state index contributed by atoms with van der Waals surface area (Å²) < 4.78 is 0.759. The second-order valence-electron chi connectivity index (χ2n) is 4.35. The highest BCUT2D eigenvalue weighted by Crippen LogP contribution is 2.29. The monoisotopic (exact) mass is 350 g/mol. The summed E-state index contributed by atoms with van der Waals surface area (Å²) in [6.07, 6.45) is 1.48. The maximum Gasteiger partial charge on any atom is 0.313 e. The summed E-state index contributed by atoms with van der Waals surface area (Å²) in [5.41, 5.74) is 0.438. The number of hydrogen-bond donors (Lipinski definition) is 1. The van der Waals surface area contributed by atoms with Crippen molar-refractivity contribution < 1.29 is 14.8 Å². The third kappa shape index (κ3) is 3.43. The van der Waals surface area contributed by atoms with Crippen LogP contribution >= 0.6 is 15.9 Å². The smallest absolute Gasteiger partial charge is 0.313 e. The molecule has 0 aliphatic heterocycles. The number of carboxylic acids is 1. The SMILES string of the molecule is O=C(O)C(Cc1ccccc1Br)c1ncccc1[N+](=O)[O-]. The Kier molecular flexibility index (Phi) is 4.64. The van der Waals surface area contributed by atoms with Gasteiger partial charge in [0.2, 0.25) is 0 Å². The lowest BCUT2D eigenvalue weighted by atomic mass is 9.95. The molecule has 6 nitrogen and oxygen atoms in total.